The van der Waals surface area contributed by atoms with E-state index in [1.54, 1.807) is 19.0 Å². The zero-order valence-electron chi connectivity index (χ0n) is 16.7. The fourth-order valence-electron chi connectivity index (χ4n) is 3.49. The molecule has 0 spiro atoms. The Morgan fingerprint density at radius 1 is 1.15 bits per heavy atom. The average Bonchev–Trinajstić information content (AvgIpc) is 2.58. The molecule has 1 aromatic rings. The highest BCUT2D eigenvalue weighted by atomic mass is 16.6. The third-order valence-electron chi connectivity index (χ3n) is 4.71. The van der Waals surface area contributed by atoms with Crippen LogP contribution in [0.2, 0.25) is 0 Å². The van der Waals surface area contributed by atoms with Gasteiger partial charge in [-0.3, -0.25) is 9.69 Å². The van der Waals surface area contributed by atoms with Crippen molar-refractivity contribution in [3.05, 3.63) is 41.5 Å². The molecule has 3 rings (SSSR count). The Morgan fingerprint density at radius 3 is 2.37 bits per heavy atom. The molecule has 2 aliphatic rings. The zero-order valence-corrected chi connectivity index (χ0v) is 16.7. The predicted octanol–water partition coefficient (Wildman–Crippen LogP) is 3.18. The van der Waals surface area contributed by atoms with Gasteiger partial charge in [0.1, 0.15) is 5.60 Å². The Bertz CT molecular complexity index is 746. The summed E-state index contributed by atoms with van der Waals surface area (Å²) in [6, 6.07) is 7.48. The minimum absolute atomic E-state index is 0.0134. The molecule has 6 heteroatoms. The number of carbonyl (C=O) groups excluding carboxylic acids is 2. The molecular formula is C21H28N2O4. The van der Waals surface area contributed by atoms with Crippen LogP contribution in [0.15, 0.2) is 30.3 Å². The number of rotatable bonds is 2. The third kappa shape index (κ3) is 4.33. The molecule has 0 N–H and O–H groups in total. The van der Waals surface area contributed by atoms with Crippen LogP contribution in [0, 0.1) is 0 Å². The Labute approximate surface area is 160 Å². The van der Waals surface area contributed by atoms with Crippen molar-refractivity contribution in [2.24, 2.45) is 0 Å². The van der Waals surface area contributed by atoms with Gasteiger partial charge in [-0.05, 0) is 50.5 Å². The first kappa shape index (κ1) is 19.4. The maximum absolute atomic E-state index is 12.6. The second-order valence-corrected chi connectivity index (χ2v) is 8.32. The molecular weight excluding hydrogens is 344 g/mol. The van der Waals surface area contributed by atoms with Gasteiger partial charge >= 0.3 is 6.09 Å². The fraction of sp³-hybridized carbons (Fsp3) is 0.524. The van der Waals surface area contributed by atoms with Crippen LogP contribution in [0.3, 0.4) is 0 Å². The van der Waals surface area contributed by atoms with Gasteiger partial charge in [-0.2, -0.15) is 0 Å². The van der Waals surface area contributed by atoms with Crippen LogP contribution in [0.1, 0.15) is 43.1 Å². The lowest BCUT2D eigenvalue weighted by molar-refractivity contribution is -0.0510. The first-order valence-electron chi connectivity index (χ1n) is 9.27. The maximum atomic E-state index is 12.6. The first-order chi connectivity index (χ1) is 12.7. The third-order valence-corrected chi connectivity index (χ3v) is 4.71. The van der Waals surface area contributed by atoms with Crippen molar-refractivity contribution < 1.29 is 19.1 Å². The molecule has 2 bridgehead atoms. The van der Waals surface area contributed by atoms with Crippen LogP contribution in [0.5, 0.6) is 0 Å². The highest BCUT2D eigenvalue weighted by Crippen LogP contribution is 2.33. The molecule has 6 nitrogen and oxygen atoms in total. The topological polar surface area (TPSA) is 59.1 Å². The number of amides is 2. The van der Waals surface area contributed by atoms with Gasteiger partial charge in [-0.25, -0.2) is 4.79 Å². The Morgan fingerprint density at radius 2 is 1.81 bits per heavy atom. The van der Waals surface area contributed by atoms with Gasteiger partial charge in [0, 0.05) is 19.7 Å². The molecule has 2 atom stereocenters. The lowest BCUT2D eigenvalue weighted by atomic mass is 9.89. The van der Waals surface area contributed by atoms with Gasteiger partial charge in [-0.15, -0.1) is 0 Å². The van der Waals surface area contributed by atoms with E-state index in [9.17, 15) is 9.59 Å². The molecule has 2 heterocycles. The highest BCUT2D eigenvalue weighted by molar-refractivity contribution is 5.94. The lowest BCUT2D eigenvalue weighted by Crippen LogP contribution is -2.57. The van der Waals surface area contributed by atoms with Gasteiger partial charge < -0.3 is 14.4 Å². The van der Waals surface area contributed by atoms with E-state index in [4.69, 9.17) is 9.47 Å². The first-order valence-corrected chi connectivity index (χ1v) is 9.27. The van der Waals surface area contributed by atoms with Crippen LogP contribution in [0.4, 0.5) is 4.79 Å². The van der Waals surface area contributed by atoms with Crippen LogP contribution >= 0.6 is 0 Å². The second-order valence-electron chi connectivity index (χ2n) is 8.32. The summed E-state index contributed by atoms with van der Waals surface area (Å²) in [6.45, 7) is 6.59. The molecule has 0 aromatic heterocycles. The Hall–Kier alpha value is -2.34. The largest absolute Gasteiger partial charge is 0.444 e. The maximum Gasteiger partial charge on any atom is 0.411 e. The van der Waals surface area contributed by atoms with E-state index in [1.165, 1.54) is 5.57 Å². The SMILES string of the molecule is CN(C)C(=O)c1ccc(C2=CC3COCC(C2)N3C(=O)OC(C)(C)C)cc1. The summed E-state index contributed by atoms with van der Waals surface area (Å²) < 4.78 is 11.2. The minimum atomic E-state index is -0.523. The van der Waals surface area contributed by atoms with Crippen molar-refractivity contribution in [2.45, 2.75) is 44.9 Å². The summed E-state index contributed by atoms with van der Waals surface area (Å²) in [5, 5.41) is 0. The van der Waals surface area contributed by atoms with Gasteiger partial charge in [0.25, 0.3) is 5.91 Å². The monoisotopic (exact) mass is 372 g/mol. The molecule has 2 unspecified atom stereocenters. The Balaban J connectivity index is 1.81. The summed E-state index contributed by atoms with van der Waals surface area (Å²) >= 11 is 0. The molecule has 2 aliphatic heterocycles. The summed E-state index contributed by atoms with van der Waals surface area (Å²) in [6.07, 6.45) is 2.50. The quantitative estimate of drug-likeness (QED) is 0.800. The van der Waals surface area contributed by atoms with Gasteiger partial charge in [0.2, 0.25) is 0 Å². The predicted molar refractivity (Wildman–Crippen MR) is 104 cm³/mol. The molecule has 146 valence electrons. The van der Waals surface area contributed by atoms with Crippen LogP contribution in [-0.2, 0) is 9.47 Å². The standard InChI is InChI=1S/C21H28N2O4/c1-21(2,3)27-20(25)23-17-10-16(11-18(23)13-26-12-17)14-6-8-15(9-7-14)19(24)22(4)5/h6-10,17-18H,11-13H2,1-5H3. The Kier molecular flexibility index (Phi) is 5.29. The van der Waals surface area contributed by atoms with E-state index in [0.717, 1.165) is 5.56 Å². The number of nitrogens with zero attached hydrogens (tertiary/aromatic N) is 2. The minimum Gasteiger partial charge on any atom is -0.444 e. The number of benzene rings is 1. The van der Waals surface area contributed by atoms with Gasteiger partial charge in [0.05, 0.1) is 25.3 Å². The molecule has 0 radical (unpaired) electrons. The lowest BCUT2D eigenvalue weighted by Gasteiger charge is -2.44. The molecule has 0 aliphatic carbocycles. The number of hydrogen-bond acceptors (Lipinski definition) is 4. The van der Waals surface area contributed by atoms with E-state index >= 15 is 0 Å². The van der Waals surface area contributed by atoms with Crippen molar-refractivity contribution >= 4 is 17.6 Å². The number of carbonyl (C=O) groups is 2. The average molecular weight is 372 g/mol. The van der Waals surface area contributed by atoms with Crippen molar-refractivity contribution in [1.29, 1.82) is 0 Å². The molecule has 1 aromatic carbocycles. The van der Waals surface area contributed by atoms with Crippen LogP contribution in [-0.4, -0.2) is 66.8 Å². The van der Waals surface area contributed by atoms with Gasteiger partial charge in [-0.1, -0.05) is 18.2 Å². The van der Waals surface area contributed by atoms with E-state index in [-0.39, 0.29) is 24.1 Å². The van der Waals surface area contributed by atoms with Crippen molar-refractivity contribution in [1.82, 2.24) is 9.80 Å². The van der Waals surface area contributed by atoms with Crippen molar-refractivity contribution in [2.75, 3.05) is 27.3 Å². The summed E-state index contributed by atoms with van der Waals surface area (Å²) in [5.74, 6) is -0.0134. The van der Waals surface area contributed by atoms with E-state index in [2.05, 4.69) is 6.08 Å². The molecule has 2 amide bonds. The number of hydrogen-bond donors (Lipinski definition) is 0. The normalized spacial score (nSPS) is 22.1. The summed E-state index contributed by atoms with van der Waals surface area (Å²) in [5.41, 5.74) is 2.40. The molecule has 1 saturated heterocycles. The van der Waals surface area contributed by atoms with Gasteiger partial charge in [0.15, 0.2) is 0 Å². The number of morpholine rings is 1. The fourth-order valence-corrected chi connectivity index (χ4v) is 3.49. The van der Waals surface area contributed by atoms with E-state index in [0.29, 0.717) is 25.2 Å². The van der Waals surface area contributed by atoms with Crippen LogP contribution in [0.25, 0.3) is 5.57 Å². The van der Waals surface area contributed by atoms with Crippen molar-refractivity contribution in [3.8, 4) is 0 Å². The number of fused-ring (bicyclic) bond motifs is 2. The summed E-state index contributed by atoms with van der Waals surface area (Å²) in [4.78, 5) is 28.1. The smallest absolute Gasteiger partial charge is 0.411 e. The van der Waals surface area contributed by atoms with E-state index in [1.807, 2.05) is 49.9 Å². The number of ether oxygens (including phenoxy) is 2. The molecule has 0 saturated carbocycles. The van der Waals surface area contributed by atoms with Crippen molar-refractivity contribution in [3.63, 3.8) is 0 Å². The zero-order chi connectivity index (χ0) is 19.8. The molecule has 27 heavy (non-hydrogen) atoms. The highest BCUT2D eigenvalue weighted by Gasteiger charge is 2.40. The van der Waals surface area contributed by atoms with E-state index < -0.39 is 5.60 Å². The summed E-state index contributed by atoms with van der Waals surface area (Å²) in [7, 11) is 3.48. The molecule has 1 fully saturated rings. The second kappa shape index (κ2) is 7.35. The van der Waals surface area contributed by atoms with Crippen LogP contribution < -0.4 is 0 Å².